The lowest BCUT2D eigenvalue weighted by molar-refractivity contribution is -0.148. The normalized spacial score (nSPS) is 15.9. The van der Waals surface area contributed by atoms with Crippen LogP contribution in [-0.2, 0) is 9.53 Å². The second kappa shape index (κ2) is 15.3. The van der Waals surface area contributed by atoms with Crippen LogP contribution in [0, 0.1) is 0 Å². The summed E-state index contributed by atoms with van der Waals surface area (Å²) >= 11 is 6.16. The van der Waals surface area contributed by atoms with Gasteiger partial charge >= 0.3 is 5.97 Å². The number of nitrogens with zero attached hydrogens (tertiary/aromatic N) is 1. The minimum absolute atomic E-state index is 0.185. The van der Waals surface area contributed by atoms with E-state index in [4.69, 9.17) is 16.3 Å². The molecule has 2 rings (SSSR count). The number of benzene rings is 1. The predicted molar refractivity (Wildman–Crippen MR) is 128 cm³/mol. The van der Waals surface area contributed by atoms with E-state index < -0.39 is 6.04 Å². The van der Waals surface area contributed by atoms with Crippen LogP contribution in [0.15, 0.2) is 24.3 Å². The van der Waals surface area contributed by atoms with Gasteiger partial charge in [0.05, 0.1) is 17.2 Å². The molecule has 1 fully saturated rings. The van der Waals surface area contributed by atoms with Gasteiger partial charge in [0.2, 0.25) is 0 Å². The summed E-state index contributed by atoms with van der Waals surface area (Å²) in [6.07, 6.45) is 16.8. The van der Waals surface area contributed by atoms with Crippen LogP contribution in [0.3, 0.4) is 0 Å². The van der Waals surface area contributed by atoms with Crippen molar-refractivity contribution in [1.29, 1.82) is 0 Å². The fourth-order valence-corrected chi connectivity index (χ4v) is 4.47. The van der Waals surface area contributed by atoms with Crippen LogP contribution in [0.2, 0.25) is 5.02 Å². The average molecular weight is 450 g/mol. The van der Waals surface area contributed by atoms with Crippen LogP contribution in [0.4, 0.5) is 0 Å². The molecule has 0 spiro atoms. The van der Waals surface area contributed by atoms with Gasteiger partial charge in [-0.25, -0.2) is 4.79 Å². The summed E-state index contributed by atoms with van der Waals surface area (Å²) in [6.45, 7) is 3.27. The maximum atomic E-state index is 12.8. The molecule has 4 nitrogen and oxygen atoms in total. The molecule has 5 heteroatoms. The molecule has 1 aliphatic rings. The summed E-state index contributed by atoms with van der Waals surface area (Å²) in [5.41, 5.74) is 0.449. The van der Waals surface area contributed by atoms with Gasteiger partial charge in [-0.05, 0) is 31.4 Å². The molecular weight excluding hydrogens is 410 g/mol. The smallest absolute Gasteiger partial charge is 0.328 e. The predicted octanol–water partition coefficient (Wildman–Crippen LogP) is 7.19. The highest BCUT2D eigenvalue weighted by Crippen LogP contribution is 2.24. The highest BCUT2D eigenvalue weighted by atomic mass is 35.5. The van der Waals surface area contributed by atoms with Gasteiger partial charge in [-0.1, -0.05) is 101 Å². The molecule has 1 aromatic rings. The molecule has 1 atom stereocenters. The molecule has 1 aliphatic heterocycles. The Hall–Kier alpha value is -1.55. The average Bonchev–Trinajstić information content (AvgIpc) is 3.27. The van der Waals surface area contributed by atoms with Crippen molar-refractivity contribution in [3.63, 3.8) is 0 Å². The van der Waals surface area contributed by atoms with Crippen LogP contribution >= 0.6 is 11.6 Å². The van der Waals surface area contributed by atoms with E-state index in [2.05, 4.69) is 6.92 Å². The van der Waals surface area contributed by atoms with Gasteiger partial charge in [0.1, 0.15) is 6.04 Å². The van der Waals surface area contributed by atoms with Gasteiger partial charge in [-0.3, -0.25) is 4.79 Å². The third-order valence-electron chi connectivity index (χ3n) is 6.13. The molecule has 0 aliphatic carbocycles. The molecule has 0 radical (unpaired) electrons. The summed E-state index contributed by atoms with van der Waals surface area (Å²) in [7, 11) is 0. The maximum absolute atomic E-state index is 12.8. The zero-order valence-corrected chi connectivity index (χ0v) is 20.0. The van der Waals surface area contributed by atoms with E-state index in [1.165, 1.54) is 64.2 Å². The number of likely N-dealkylation sites (tertiary alicyclic amines) is 1. The topological polar surface area (TPSA) is 46.6 Å². The molecule has 0 saturated carbocycles. The Morgan fingerprint density at radius 3 is 2.13 bits per heavy atom. The fraction of sp³-hybridized carbons (Fsp3) is 0.692. The van der Waals surface area contributed by atoms with E-state index in [1.807, 2.05) is 0 Å². The largest absolute Gasteiger partial charge is 0.464 e. The zero-order valence-electron chi connectivity index (χ0n) is 19.3. The maximum Gasteiger partial charge on any atom is 0.328 e. The van der Waals surface area contributed by atoms with Crippen LogP contribution in [0.5, 0.6) is 0 Å². The second-order valence-electron chi connectivity index (χ2n) is 8.69. The summed E-state index contributed by atoms with van der Waals surface area (Å²) < 4.78 is 5.50. The van der Waals surface area contributed by atoms with Crippen molar-refractivity contribution in [2.24, 2.45) is 0 Å². The summed E-state index contributed by atoms with van der Waals surface area (Å²) in [6, 6.07) is 6.50. The van der Waals surface area contributed by atoms with Crippen molar-refractivity contribution < 1.29 is 14.3 Å². The number of unbranched alkanes of at least 4 members (excludes halogenated alkanes) is 11. The van der Waals surface area contributed by atoms with Crippen LogP contribution in [-0.4, -0.2) is 36.0 Å². The zero-order chi connectivity index (χ0) is 22.3. The molecule has 0 bridgehead atoms. The molecule has 0 N–H and O–H groups in total. The Morgan fingerprint density at radius 2 is 1.52 bits per heavy atom. The van der Waals surface area contributed by atoms with Crippen molar-refractivity contribution in [3.05, 3.63) is 34.9 Å². The molecular formula is C26H40ClNO3. The fourth-order valence-electron chi connectivity index (χ4n) is 4.26. The molecule has 1 amide bonds. The number of esters is 1. The first-order valence-corrected chi connectivity index (χ1v) is 12.7. The van der Waals surface area contributed by atoms with E-state index >= 15 is 0 Å². The van der Waals surface area contributed by atoms with Gasteiger partial charge in [0, 0.05) is 6.54 Å². The van der Waals surface area contributed by atoms with Crippen LogP contribution < -0.4 is 0 Å². The minimum Gasteiger partial charge on any atom is -0.464 e. The van der Waals surface area contributed by atoms with Crippen molar-refractivity contribution >= 4 is 23.5 Å². The number of rotatable bonds is 15. The van der Waals surface area contributed by atoms with E-state index in [9.17, 15) is 9.59 Å². The first-order chi connectivity index (χ1) is 15.1. The monoisotopic (exact) mass is 449 g/mol. The number of halogens is 1. The molecule has 1 heterocycles. The molecule has 174 valence electrons. The van der Waals surface area contributed by atoms with E-state index in [0.717, 1.165) is 19.3 Å². The number of carbonyl (C=O) groups excluding carboxylic acids is 2. The molecule has 1 unspecified atom stereocenters. The van der Waals surface area contributed by atoms with E-state index in [1.54, 1.807) is 29.2 Å². The Morgan fingerprint density at radius 1 is 0.935 bits per heavy atom. The van der Waals surface area contributed by atoms with Gasteiger partial charge in [0.25, 0.3) is 5.91 Å². The van der Waals surface area contributed by atoms with Gasteiger partial charge < -0.3 is 9.64 Å². The van der Waals surface area contributed by atoms with Crippen LogP contribution in [0.1, 0.15) is 107 Å². The minimum atomic E-state index is -0.485. The third kappa shape index (κ3) is 9.22. The summed E-state index contributed by atoms with van der Waals surface area (Å²) in [5.74, 6) is -0.462. The summed E-state index contributed by atoms with van der Waals surface area (Å²) in [5, 5.41) is 0.419. The Balaban J connectivity index is 1.55. The van der Waals surface area contributed by atoms with Gasteiger partial charge in [-0.15, -0.1) is 0 Å². The first-order valence-electron chi connectivity index (χ1n) is 12.4. The SMILES string of the molecule is CCCCCCCCCCCCCCOC(=O)C1CCCN1C(=O)c1ccccc1Cl. The van der Waals surface area contributed by atoms with Crippen molar-refractivity contribution in [3.8, 4) is 0 Å². The summed E-state index contributed by atoms with van der Waals surface area (Å²) in [4.78, 5) is 27.0. The van der Waals surface area contributed by atoms with Gasteiger partial charge in [-0.2, -0.15) is 0 Å². The Kier molecular flexibility index (Phi) is 12.7. The van der Waals surface area contributed by atoms with Gasteiger partial charge in [0.15, 0.2) is 0 Å². The van der Waals surface area contributed by atoms with Crippen molar-refractivity contribution in [2.75, 3.05) is 13.2 Å². The van der Waals surface area contributed by atoms with E-state index in [-0.39, 0.29) is 11.9 Å². The lowest BCUT2D eigenvalue weighted by Gasteiger charge is -2.23. The molecule has 31 heavy (non-hydrogen) atoms. The lowest BCUT2D eigenvalue weighted by Crippen LogP contribution is -2.41. The molecule has 1 saturated heterocycles. The number of amides is 1. The Labute approximate surface area is 193 Å². The van der Waals surface area contributed by atoms with Crippen LogP contribution in [0.25, 0.3) is 0 Å². The van der Waals surface area contributed by atoms with Crippen molar-refractivity contribution in [2.45, 2.75) is 103 Å². The highest BCUT2D eigenvalue weighted by molar-refractivity contribution is 6.33. The Bertz CT molecular complexity index is 664. The van der Waals surface area contributed by atoms with E-state index in [0.29, 0.717) is 30.2 Å². The standard InChI is InChI=1S/C26H40ClNO3/c1-2-3-4-5-6-7-8-9-10-11-12-15-21-31-26(30)24-19-16-20-28(24)25(29)22-17-13-14-18-23(22)27/h13-14,17-18,24H,2-12,15-16,19-21H2,1H3. The number of ether oxygens (including phenoxy) is 1. The second-order valence-corrected chi connectivity index (χ2v) is 9.10. The number of carbonyl (C=O) groups is 2. The number of hydrogen-bond donors (Lipinski definition) is 0. The first kappa shape index (κ1) is 25.7. The molecule has 0 aromatic heterocycles. The highest BCUT2D eigenvalue weighted by Gasteiger charge is 2.36. The van der Waals surface area contributed by atoms with Crippen molar-refractivity contribution in [1.82, 2.24) is 4.90 Å². The third-order valence-corrected chi connectivity index (χ3v) is 6.46. The number of hydrogen-bond acceptors (Lipinski definition) is 3. The quantitative estimate of drug-likeness (QED) is 0.210. The lowest BCUT2D eigenvalue weighted by atomic mass is 10.1. The molecule has 1 aromatic carbocycles.